The van der Waals surface area contributed by atoms with E-state index in [1.807, 2.05) is 42.9 Å². The summed E-state index contributed by atoms with van der Waals surface area (Å²) in [6.07, 6.45) is 1.90. The molecule has 0 radical (unpaired) electrons. The molecule has 132 valence electrons. The fourth-order valence-electron chi connectivity index (χ4n) is 2.52. The van der Waals surface area contributed by atoms with E-state index in [1.54, 1.807) is 7.11 Å². The summed E-state index contributed by atoms with van der Waals surface area (Å²) in [7, 11) is 3.61. The number of nitrogens with zero attached hydrogens (tertiary/aromatic N) is 3. The highest BCUT2D eigenvalue weighted by atomic mass is 127. The number of anilines is 1. The summed E-state index contributed by atoms with van der Waals surface area (Å²) >= 11 is 0. The lowest BCUT2D eigenvalue weighted by Crippen LogP contribution is -2.22. The summed E-state index contributed by atoms with van der Waals surface area (Å²) in [5.74, 6) is 1.20. The summed E-state index contributed by atoms with van der Waals surface area (Å²) in [6.45, 7) is 4.82. The number of hydrogen-bond acceptors (Lipinski definition) is 3. The molecule has 0 saturated heterocycles. The number of nitrogens with one attached hydrogen (secondary N) is 1. The number of rotatable bonds is 6. The molecule has 2 rings (SSSR count). The van der Waals surface area contributed by atoms with E-state index in [0.29, 0.717) is 12.5 Å². The van der Waals surface area contributed by atoms with Gasteiger partial charge in [-0.25, -0.2) is 0 Å². The van der Waals surface area contributed by atoms with Crippen molar-refractivity contribution in [3.63, 3.8) is 0 Å². The van der Waals surface area contributed by atoms with Crippen molar-refractivity contribution in [2.24, 2.45) is 17.8 Å². The van der Waals surface area contributed by atoms with Crippen molar-refractivity contribution < 1.29 is 4.74 Å². The van der Waals surface area contributed by atoms with Gasteiger partial charge in [0.25, 0.3) is 0 Å². The number of guanidine groups is 1. The lowest BCUT2D eigenvalue weighted by Gasteiger charge is -2.07. The predicted octanol–water partition coefficient (Wildman–Crippen LogP) is 3.02. The van der Waals surface area contributed by atoms with Gasteiger partial charge in [-0.2, -0.15) is 5.10 Å². The van der Waals surface area contributed by atoms with Gasteiger partial charge in [0.15, 0.2) is 5.96 Å². The first-order valence-corrected chi connectivity index (χ1v) is 7.71. The maximum absolute atomic E-state index is 5.92. The van der Waals surface area contributed by atoms with Gasteiger partial charge < -0.3 is 15.8 Å². The molecule has 0 spiro atoms. The number of aryl methyl sites for hydroxylation is 2. The van der Waals surface area contributed by atoms with Crippen LogP contribution < -0.4 is 15.8 Å². The van der Waals surface area contributed by atoms with Gasteiger partial charge in [-0.05, 0) is 44.4 Å². The van der Waals surface area contributed by atoms with Gasteiger partial charge in [0, 0.05) is 31.0 Å². The van der Waals surface area contributed by atoms with E-state index < -0.39 is 0 Å². The number of nitrogens with two attached hydrogens (primary N) is 1. The van der Waals surface area contributed by atoms with E-state index in [0.717, 1.165) is 30.0 Å². The highest BCUT2D eigenvalue weighted by molar-refractivity contribution is 14.0. The van der Waals surface area contributed by atoms with Gasteiger partial charge in [0.1, 0.15) is 5.75 Å². The van der Waals surface area contributed by atoms with Gasteiger partial charge >= 0.3 is 0 Å². The molecule has 1 aromatic heterocycles. The standard InChI is InChI=1S/C17H25N5O.HI/c1-12-16(13(2)22(3)21-12)9-6-10-19-17(18)20-14-7-5-8-15(11-14)23-4;/h5,7-8,11H,6,9-10H2,1-4H3,(H3,18,19,20);1H. The van der Waals surface area contributed by atoms with Crippen molar-refractivity contribution in [2.75, 3.05) is 19.0 Å². The van der Waals surface area contributed by atoms with Gasteiger partial charge in [-0.3, -0.25) is 9.67 Å². The molecular weight excluding hydrogens is 417 g/mol. The molecule has 1 heterocycles. The van der Waals surface area contributed by atoms with Crippen LogP contribution in [0.15, 0.2) is 29.3 Å². The predicted molar refractivity (Wildman–Crippen MR) is 110 cm³/mol. The van der Waals surface area contributed by atoms with Crippen molar-refractivity contribution in [1.29, 1.82) is 0 Å². The molecule has 0 aliphatic rings. The Kier molecular flexibility index (Phi) is 8.03. The molecule has 0 aliphatic carbocycles. The maximum atomic E-state index is 5.92. The van der Waals surface area contributed by atoms with E-state index in [4.69, 9.17) is 10.5 Å². The SMILES string of the molecule is COc1cccc(NC(N)=NCCCc2c(C)nn(C)c2C)c1.I. The van der Waals surface area contributed by atoms with Crippen LogP contribution in [0.3, 0.4) is 0 Å². The topological polar surface area (TPSA) is 77.5 Å². The van der Waals surface area contributed by atoms with E-state index in [9.17, 15) is 0 Å². The van der Waals surface area contributed by atoms with Crippen LogP contribution >= 0.6 is 24.0 Å². The number of ether oxygens (including phenoxy) is 1. The van der Waals surface area contributed by atoms with Crippen molar-refractivity contribution in [1.82, 2.24) is 9.78 Å². The zero-order valence-electron chi connectivity index (χ0n) is 14.7. The van der Waals surface area contributed by atoms with Crippen LogP contribution in [0, 0.1) is 13.8 Å². The van der Waals surface area contributed by atoms with Gasteiger partial charge in [0.05, 0.1) is 12.8 Å². The Bertz CT molecular complexity index is 696. The first-order valence-electron chi connectivity index (χ1n) is 7.71. The first-order chi connectivity index (χ1) is 11.0. The third kappa shape index (κ3) is 5.40. The van der Waals surface area contributed by atoms with E-state index in [-0.39, 0.29) is 24.0 Å². The van der Waals surface area contributed by atoms with Gasteiger partial charge in [-0.15, -0.1) is 24.0 Å². The molecule has 0 bridgehead atoms. The van der Waals surface area contributed by atoms with Crippen molar-refractivity contribution in [3.05, 3.63) is 41.2 Å². The summed E-state index contributed by atoms with van der Waals surface area (Å²) < 4.78 is 7.10. The Labute approximate surface area is 160 Å². The second-order valence-electron chi connectivity index (χ2n) is 5.50. The lowest BCUT2D eigenvalue weighted by molar-refractivity contribution is 0.415. The minimum absolute atomic E-state index is 0. The molecular formula is C17H26IN5O. The molecule has 0 fully saturated rings. The summed E-state index contributed by atoms with van der Waals surface area (Å²) in [6, 6.07) is 7.59. The molecule has 0 saturated carbocycles. The Hall–Kier alpha value is -1.77. The quantitative estimate of drug-likeness (QED) is 0.312. The van der Waals surface area contributed by atoms with Crippen LogP contribution in [0.4, 0.5) is 5.69 Å². The number of halogens is 1. The van der Waals surface area contributed by atoms with Crippen LogP contribution in [0.5, 0.6) is 5.75 Å². The minimum atomic E-state index is 0. The molecule has 7 heteroatoms. The van der Waals surface area contributed by atoms with Gasteiger partial charge in [-0.1, -0.05) is 6.07 Å². The normalized spacial score (nSPS) is 11.1. The fraction of sp³-hybridized carbons (Fsp3) is 0.412. The minimum Gasteiger partial charge on any atom is -0.497 e. The van der Waals surface area contributed by atoms with Crippen molar-refractivity contribution in [2.45, 2.75) is 26.7 Å². The third-order valence-corrected chi connectivity index (χ3v) is 3.87. The van der Waals surface area contributed by atoms with Crippen LogP contribution in [0.2, 0.25) is 0 Å². The number of aromatic nitrogens is 2. The molecule has 0 aliphatic heterocycles. The summed E-state index contributed by atoms with van der Waals surface area (Å²) in [5, 5.41) is 7.50. The van der Waals surface area contributed by atoms with E-state index in [2.05, 4.69) is 22.3 Å². The lowest BCUT2D eigenvalue weighted by atomic mass is 10.1. The maximum Gasteiger partial charge on any atom is 0.193 e. The number of methoxy groups -OCH3 is 1. The first kappa shape index (κ1) is 20.3. The Balaban J connectivity index is 0.00000288. The average molecular weight is 443 g/mol. The zero-order chi connectivity index (χ0) is 16.8. The van der Waals surface area contributed by atoms with Crippen molar-refractivity contribution >= 4 is 35.6 Å². The Morgan fingerprint density at radius 1 is 1.38 bits per heavy atom. The molecule has 1 aromatic carbocycles. The smallest absolute Gasteiger partial charge is 0.193 e. The highest BCUT2D eigenvalue weighted by Crippen LogP contribution is 2.16. The molecule has 0 unspecified atom stereocenters. The summed E-state index contributed by atoms with van der Waals surface area (Å²) in [5.41, 5.74) is 10.4. The van der Waals surface area contributed by atoms with E-state index >= 15 is 0 Å². The molecule has 3 N–H and O–H groups in total. The fourth-order valence-corrected chi connectivity index (χ4v) is 2.52. The second-order valence-corrected chi connectivity index (χ2v) is 5.50. The van der Waals surface area contributed by atoms with Crippen LogP contribution in [0.25, 0.3) is 0 Å². The van der Waals surface area contributed by atoms with Crippen LogP contribution in [-0.4, -0.2) is 29.4 Å². The summed E-state index contributed by atoms with van der Waals surface area (Å²) in [4.78, 5) is 4.37. The molecule has 2 aromatic rings. The molecule has 0 amide bonds. The number of aliphatic imine (C=N–C) groups is 1. The number of benzene rings is 1. The average Bonchev–Trinajstić information content (AvgIpc) is 2.77. The van der Waals surface area contributed by atoms with Crippen molar-refractivity contribution in [3.8, 4) is 5.75 Å². The Morgan fingerprint density at radius 2 is 2.12 bits per heavy atom. The largest absolute Gasteiger partial charge is 0.497 e. The molecule has 0 atom stereocenters. The zero-order valence-corrected chi connectivity index (χ0v) is 17.0. The van der Waals surface area contributed by atoms with Crippen LogP contribution in [-0.2, 0) is 13.5 Å². The Morgan fingerprint density at radius 3 is 2.75 bits per heavy atom. The van der Waals surface area contributed by atoms with Gasteiger partial charge in [0.2, 0.25) is 0 Å². The van der Waals surface area contributed by atoms with E-state index in [1.165, 1.54) is 11.3 Å². The molecule has 24 heavy (non-hydrogen) atoms. The second kappa shape index (κ2) is 9.51. The highest BCUT2D eigenvalue weighted by Gasteiger charge is 2.08. The third-order valence-electron chi connectivity index (χ3n) is 3.87. The number of hydrogen-bond donors (Lipinski definition) is 2. The molecule has 6 nitrogen and oxygen atoms in total. The van der Waals surface area contributed by atoms with Crippen LogP contribution in [0.1, 0.15) is 23.4 Å². The monoisotopic (exact) mass is 443 g/mol.